The molecule has 3 aromatic rings. The van der Waals surface area contributed by atoms with Gasteiger partial charge in [0.25, 0.3) is 0 Å². The molecule has 0 radical (unpaired) electrons. The van der Waals surface area contributed by atoms with E-state index in [4.69, 9.17) is 0 Å². The van der Waals surface area contributed by atoms with Crippen LogP contribution < -0.4 is 5.32 Å². The van der Waals surface area contributed by atoms with E-state index in [1.54, 1.807) is 6.20 Å². The Hall–Kier alpha value is -3.02. The molecule has 6 heteroatoms. The monoisotopic (exact) mass is 389 g/mol. The highest BCUT2D eigenvalue weighted by molar-refractivity contribution is 5.76. The quantitative estimate of drug-likeness (QED) is 0.674. The van der Waals surface area contributed by atoms with Gasteiger partial charge in [-0.1, -0.05) is 36.4 Å². The van der Waals surface area contributed by atoms with Gasteiger partial charge in [0.15, 0.2) is 0 Å². The van der Waals surface area contributed by atoms with Gasteiger partial charge in [-0.25, -0.2) is 0 Å². The summed E-state index contributed by atoms with van der Waals surface area (Å²) < 4.78 is 2.25. The first-order valence-corrected chi connectivity index (χ1v) is 10.4. The number of amides is 1. The summed E-state index contributed by atoms with van der Waals surface area (Å²) in [5, 5.41) is 12.0. The van der Waals surface area contributed by atoms with E-state index in [9.17, 15) is 4.79 Å². The molecule has 0 saturated carbocycles. The van der Waals surface area contributed by atoms with Crippen LogP contribution in [0.25, 0.3) is 0 Å². The lowest BCUT2D eigenvalue weighted by Gasteiger charge is -2.16. The molecule has 29 heavy (non-hydrogen) atoms. The Bertz CT molecular complexity index is 923. The van der Waals surface area contributed by atoms with Gasteiger partial charge in [0.2, 0.25) is 5.91 Å². The van der Waals surface area contributed by atoms with Crippen molar-refractivity contribution in [3.8, 4) is 0 Å². The number of aryl methyl sites for hydroxylation is 4. The largest absolute Gasteiger partial charge is 0.353 e. The number of nitrogens with zero attached hydrogens (tertiary/aromatic N) is 4. The number of nitrogens with one attached hydrogen (secondary N) is 1. The van der Waals surface area contributed by atoms with Crippen LogP contribution in [-0.4, -0.2) is 31.7 Å². The third-order valence-corrected chi connectivity index (χ3v) is 5.53. The lowest BCUT2D eigenvalue weighted by atomic mass is 10.1. The van der Waals surface area contributed by atoms with E-state index in [1.807, 2.05) is 24.4 Å². The van der Waals surface area contributed by atoms with Crippen LogP contribution in [0.1, 0.15) is 42.0 Å². The number of benzene rings is 1. The summed E-state index contributed by atoms with van der Waals surface area (Å²) >= 11 is 0. The number of carbonyl (C=O) groups is 1. The van der Waals surface area contributed by atoms with Crippen LogP contribution in [-0.2, 0) is 37.0 Å². The van der Waals surface area contributed by atoms with Crippen molar-refractivity contribution in [3.63, 3.8) is 0 Å². The fourth-order valence-electron chi connectivity index (χ4n) is 3.88. The van der Waals surface area contributed by atoms with Crippen molar-refractivity contribution in [2.75, 3.05) is 0 Å². The van der Waals surface area contributed by atoms with Crippen molar-refractivity contribution in [1.29, 1.82) is 0 Å². The minimum atomic E-state index is 0.112. The second-order valence-electron chi connectivity index (χ2n) is 7.62. The number of hydrogen-bond acceptors (Lipinski definition) is 4. The zero-order valence-corrected chi connectivity index (χ0v) is 16.6. The number of hydrogen-bond donors (Lipinski definition) is 1. The number of carbonyl (C=O) groups excluding carboxylic acids is 1. The maximum atomic E-state index is 12.4. The number of pyridine rings is 1. The SMILES string of the molecule is O=C(CCc1cccnc1)NC1CCc2nnc(CCc3ccccc3)n2CC1. The van der Waals surface area contributed by atoms with Gasteiger partial charge in [-0.3, -0.25) is 9.78 Å². The van der Waals surface area contributed by atoms with Crippen molar-refractivity contribution in [1.82, 2.24) is 25.1 Å². The summed E-state index contributed by atoms with van der Waals surface area (Å²) in [4.78, 5) is 16.5. The summed E-state index contributed by atoms with van der Waals surface area (Å²) in [5.74, 6) is 2.20. The first-order valence-electron chi connectivity index (χ1n) is 10.4. The molecule has 1 unspecified atom stereocenters. The van der Waals surface area contributed by atoms with E-state index < -0.39 is 0 Å². The van der Waals surface area contributed by atoms with Crippen LogP contribution in [0.15, 0.2) is 54.9 Å². The molecule has 150 valence electrons. The third-order valence-electron chi connectivity index (χ3n) is 5.53. The van der Waals surface area contributed by atoms with E-state index in [2.05, 4.69) is 49.3 Å². The van der Waals surface area contributed by atoms with Gasteiger partial charge in [-0.05, 0) is 42.9 Å². The van der Waals surface area contributed by atoms with Crippen molar-refractivity contribution in [2.45, 2.75) is 57.5 Å². The van der Waals surface area contributed by atoms with E-state index in [-0.39, 0.29) is 11.9 Å². The Kier molecular flexibility index (Phi) is 6.29. The van der Waals surface area contributed by atoms with Crippen molar-refractivity contribution >= 4 is 5.91 Å². The fourth-order valence-corrected chi connectivity index (χ4v) is 3.88. The summed E-state index contributed by atoms with van der Waals surface area (Å²) in [7, 11) is 0. The van der Waals surface area contributed by atoms with Crippen LogP contribution in [0.3, 0.4) is 0 Å². The van der Waals surface area contributed by atoms with Crippen molar-refractivity contribution < 1.29 is 4.79 Å². The maximum absolute atomic E-state index is 12.4. The standard InChI is InChI=1S/C23H27N5O/c29-23(13-9-19-7-4-15-24-17-19)25-20-10-12-22-27-26-21(28(22)16-14-20)11-8-18-5-2-1-3-6-18/h1-7,15,17,20H,8-14,16H2,(H,25,29). The number of rotatable bonds is 7. The van der Waals surface area contributed by atoms with Gasteiger partial charge < -0.3 is 9.88 Å². The second kappa shape index (κ2) is 9.45. The predicted molar refractivity (Wildman–Crippen MR) is 111 cm³/mol. The van der Waals surface area contributed by atoms with Gasteiger partial charge in [0.05, 0.1) is 0 Å². The van der Waals surface area contributed by atoms with Crippen molar-refractivity contribution in [2.24, 2.45) is 0 Å². The molecule has 1 aromatic carbocycles. The molecule has 2 aromatic heterocycles. The van der Waals surface area contributed by atoms with Crippen LogP contribution in [0, 0.1) is 0 Å². The number of fused-ring (bicyclic) bond motifs is 1. The molecule has 1 atom stereocenters. The van der Waals surface area contributed by atoms with Gasteiger partial charge in [0, 0.05) is 44.2 Å². The molecule has 1 amide bonds. The van der Waals surface area contributed by atoms with Gasteiger partial charge in [0.1, 0.15) is 11.6 Å². The first kappa shape index (κ1) is 19.3. The molecule has 1 N–H and O–H groups in total. The smallest absolute Gasteiger partial charge is 0.220 e. The highest BCUT2D eigenvalue weighted by Gasteiger charge is 2.21. The zero-order valence-electron chi connectivity index (χ0n) is 16.6. The lowest BCUT2D eigenvalue weighted by Crippen LogP contribution is -2.35. The molecular weight excluding hydrogens is 362 g/mol. The average molecular weight is 390 g/mol. The van der Waals surface area contributed by atoms with Crippen LogP contribution in [0.4, 0.5) is 0 Å². The topological polar surface area (TPSA) is 72.7 Å². The Labute approximate surface area is 171 Å². The minimum Gasteiger partial charge on any atom is -0.353 e. The molecule has 0 saturated heterocycles. The molecule has 6 nitrogen and oxygen atoms in total. The Morgan fingerprint density at radius 1 is 1.00 bits per heavy atom. The molecular formula is C23H27N5O. The fraction of sp³-hybridized carbons (Fsp3) is 0.391. The summed E-state index contributed by atoms with van der Waals surface area (Å²) in [5.41, 5.74) is 2.41. The summed E-state index contributed by atoms with van der Waals surface area (Å²) in [6.45, 7) is 0.861. The Morgan fingerprint density at radius 3 is 2.69 bits per heavy atom. The molecule has 4 rings (SSSR count). The number of aromatic nitrogens is 4. The zero-order chi connectivity index (χ0) is 19.9. The Morgan fingerprint density at radius 2 is 1.86 bits per heavy atom. The molecule has 1 aliphatic rings. The molecule has 0 fully saturated rings. The van der Waals surface area contributed by atoms with Crippen LogP contribution >= 0.6 is 0 Å². The van der Waals surface area contributed by atoms with Gasteiger partial charge in [-0.2, -0.15) is 0 Å². The van der Waals surface area contributed by atoms with E-state index in [1.165, 1.54) is 5.56 Å². The van der Waals surface area contributed by atoms with Crippen molar-refractivity contribution in [3.05, 3.63) is 77.6 Å². The van der Waals surface area contributed by atoms with Crippen LogP contribution in [0.5, 0.6) is 0 Å². The normalized spacial score (nSPS) is 16.1. The predicted octanol–water partition coefficient (Wildman–Crippen LogP) is 2.91. The molecule has 0 spiro atoms. The maximum Gasteiger partial charge on any atom is 0.220 e. The van der Waals surface area contributed by atoms with E-state index in [0.717, 1.165) is 62.3 Å². The molecule has 0 aliphatic carbocycles. The Balaban J connectivity index is 1.28. The minimum absolute atomic E-state index is 0.112. The molecule has 0 bridgehead atoms. The first-order chi connectivity index (χ1) is 14.3. The van der Waals surface area contributed by atoms with Gasteiger partial charge in [-0.15, -0.1) is 10.2 Å². The average Bonchev–Trinajstić information content (AvgIpc) is 3.05. The van der Waals surface area contributed by atoms with E-state index >= 15 is 0 Å². The molecule has 1 aliphatic heterocycles. The second-order valence-corrected chi connectivity index (χ2v) is 7.62. The third kappa shape index (κ3) is 5.28. The van der Waals surface area contributed by atoms with E-state index in [0.29, 0.717) is 6.42 Å². The molecule has 3 heterocycles. The highest BCUT2D eigenvalue weighted by Crippen LogP contribution is 2.17. The van der Waals surface area contributed by atoms with Gasteiger partial charge >= 0.3 is 0 Å². The lowest BCUT2D eigenvalue weighted by molar-refractivity contribution is -0.121. The summed E-state index contributed by atoms with van der Waals surface area (Å²) in [6, 6.07) is 14.6. The van der Waals surface area contributed by atoms with Crippen LogP contribution in [0.2, 0.25) is 0 Å². The summed E-state index contributed by atoms with van der Waals surface area (Å²) in [6.07, 6.45) is 9.33. The highest BCUT2D eigenvalue weighted by atomic mass is 16.1.